The van der Waals surface area contributed by atoms with Crippen LogP contribution in [0.25, 0.3) is 0 Å². The van der Waals surface area contributed by atoms with E-state index in [1.54, 1.807) is 19.4 Å². The fraction of sp³-hybridized carbons (Fsp3) is 0.346. The van der Waals surface area contributed by atoms with Crippen LogP contribution in [-0.2, 0) is 17.6 Å². The quantitative estimate of drug-likeness (QED) is 0.436. The Bertz CT molecular complexity index is 1210. The molecule has 2 N–H and O–H groups in total. The van der Waals surface area contributed by atoms with E-state index in [0.717, 1.165) is 50.3 Å². The van der Waals surface area contributed by atoms with Gasteiger partial charge in [0, 0.05) is 32.4 Å². The molecule has 8 nitrogen and oxygen atoms in total. The molecular formula is C26H29ClN6O2. The number of nitrogens with one attached hydrogen (secondary N) is 2. The maximum Gasteiger partial charge on any atom is 0.229 e. The molecule has 0 amide bonds. The lowest BCUT2D eigenvalue weighted by molar-refractivity contribution is 0.150. The van der Waals surface area contributed by atoms with E-state index in [4.69, 9.17) is 26.3 Å². The van der Waals surface area contributed by atoms with E-state index < -0.39 is 0 Å². The lowest BCUT2D eigenvalue weighted by Gasteiger charge is -2.18. The molecule has 1 aromatic heterocycles. The zero-order chi connectivity index (χ0) is 24.6. The molecule has 0 unspecified atom stereocenters. The van der Waals surface area contributed by atoms with Crippen LogP contribution in [0.3, 0.4) is 0 Å². The molecule has 1 aliphatic rings. The Morgan fingerprint density at radius 2 is 1.97 bits per heavy atom. The van der Waals surface area contributed by atoms with Crippen molar-refractivity contribution in [3.63, 3.8) is 0 Å². The number of nitriles is 1. The molecule has 3 aromatic rings. The minimum Gasteiger partial charge on any atom is -0.477 e. The van der Waals surface area contributed by atoms with Gasteiger partial charge >= 0.3 is 0 Å². The molecule has 0 bridgehead atoms. The van der Waals surface area contributed by atoms with Crippen LogP contribution in [-0.4, -0.2) is 54.8 Å². The third-order valence-corrected chi connectivity index (χ3v) is 6.26. The number of halogens is 1. The van der Waals surface area contributed by atoms with Crippen LogP contribution in [0.2, 0.25) is 5.02 Å². The first-order valence-electron chi connectivity index (χ1n) is 11.6. The number of nitrogens with zero attached hydrogens (tertiary/aromatic N) is 4. The van der Waals surface area contributed by atoms with E-state index in [-0.39, 0.29) is 6.61 Å². The van der Waals surface area contributed by atoms with Crippen molar-refractivity contribution in [3.8, 4) is 11.8 Å². The lowest BCUT2D eigenvalue weighted by atomic mass is 10.0. The summed E-state index contributed by atoms with van der Waals surface area (Å²) in [6.45, 7) is 5.65. The second kappa shape index (κ2) is 11.8. The maximum absolute atomic E-state index is 8.88. The Morgan fingerprint density at radius 3 is 2.77 bits per heavy atom. The smallest absolute Gasteiger partial charge is 0.229 e. The van der Waals surface area contributed by atoms with Crippen molar-refractivity contribution in [1.82, 2.24) is 14.9 Å². The van der Waals surface area contributed by atoms with Crippen LogP contribution in [0.5, 0.6) is 5.75 Å². The summed E-state index contributed by atoms with van der Waals surface area (Å²) in [5, 5.41) is 15.8. The van der Waals surface area contributed by atoms with Crippen molar-refractivity contribution >= 4 is 34.7 Å². The van der Waals surface area contributed by atoms with E-state index in [0.29, 0.717) is 28.2 Å². The highest BCUT2D eigenvalue weighted by Crippen LogP contribution is 2.33. The number of fused-ring (bicyclic) bond motifs is 1. The highest BCUT2D eigenvalue weighted by molar-refractivity contribution is 6.33. The molecule has 0 saturated carbocycles. The van der Waals surface area contributed by atoms with Gasteiger partial charge in [0.25, 0.3) is 0 Å². The van der Waals surface area contributed by atoms with Crippen LogP contribution in [0.1, 0.15) is 16.7 Å². The Hall–Kier alpha value is -3.38. The highest BCUT2D eigenvalue weighted by atomic mass is 35.5. The van der Waals surface area contributed by atoms with Gasteiger partial charge in [-0.1, -0.05) is 29.8 Å². The minimum atomic E-state index is -0.0507. The highest BCUT2D eigenvalue weighted by Gasteiger charge is 2.15. The van der Waals surface area contributed by atoms with Gasteiger partial charge in [0.1, 0.15) is 16.8 Å². The van der Waals surface area contributed by atoms with E-state index in [2.05, 4.69) is 43.7 Å². The second-order valence-electron chi connectivity index (χ2n) is 8.35. The number of hydrogen-bond acceptors (Lipinski definition) is 8. The Kier molecular flexibility index (Phi) is 8.37. The number of anilines is 4. The SMILES string of the molecule is COCCN1CCc2ccc(Nc3ncc(Cl)c(Nc4c(C)cccc4OCC#N)n3)cc2CC1. The number of methoxy groups -OCH3 is 1. The Labute approximate surface area is 210 Å². The predicted octanol–water partition coefficient (Wildman–Crippen LogP) is 4.88. The van der Waals surface area contributed by atoms with Crippen molar-refractivity contribution in [1.29, 1.82) is 5.26 Å². The van der Waals surface area contributed by atoms with Crippen LogP contribution in [0.4, 0.5) is 23.1 Å². The summed E-state index contributed by atoms with van der Waals surface area (Å²) in [4.78, 5) is 11.4. The third kappa shape index (κ3) is 6.40. The standard InChI is InChI=1S/C26H29ClN6O2/c1-18-4-3-5-23(35-14-10-28)24(18)31-25-22(27)17-29-26(32-25)30-21-7-6-19-8-11-33(13-15-34-2)12-9-20(19)16-21/h3-7,16-17H,8-9,11-15H2,1-2H3,(H2,29,30,31,32). The molecule has 1 aliphatic heterocycles. The second-order valence-corrected chi connectivity index (χ2v) is 8.76. The average molecular weight is 493 g/mol. The van der Waals surface area contributed by atoms with Crippen molar-refractivity contribution in [3.05, 3.63) is 64.3 Å². The van der Waals surface area contributed by atoms with Gasteiger partial charge in [-0.3, -0.25) is 0 Å². The van der Waals surface area contributed by atoms with Gasteiger partial charge in [-0.25, -0.2) is 4.98 Å². The van der Waals surface area contributed by atoms with Gasteiger partial charge in [-0.05, 0) is 54.7 Å². The molecule has 9 heteroatoms. The fourth-order valence-electron chi connectivity index (χ4n) is 4.09. The summed E-state index contributed by atoms with van der Waals surface area (Å²) in [5.74, 6) is 1.44. The number of rotatable bonds is 9. The third-order valence-electron chi connectivity index (χ3n) is 5.98. The minimum absolute atomic E-state index is 0.0507. The summed E-state index contributed by atoms with van der Waals surface area (Å²) in [7, 11) is 1.74. The summed E-state index contributed by atoms with van der Waals surface area (Å²) in [6.07, 6.45) is 3.57. The number of ether oxygens (including phenoxy) is 2. The fourth-order valence-corrected chi connectivity index (χ4v) is 4.23. The lowest BCUT2D eigenvalue weighted by Crippen LogP contribution is -2.29. The maximum atomic E-state index is 8.88. The zero-order valence-electron chi connectivity index (χ0n) is 20.0. The monoisotopic (exact) mass is 492 g/mol. The van der Waals surface area contributed by atoms with Gasteiger partial charge in [0.05, 0.1) is 18.5 Å². The summed E-state index contributed by atoms with van der Waals surface area (Å²) >= 11 is 6.40. The van der Waals surface area contributed by atoms with E-state index >= 15 is 0 Å². The molecule has 0 radical (unpaired) electrons. The van der Waals surface area contributed by atoms with Crippen LogP contribution >= 0.6 is 11.6 Å². The summed E-state index contributed by atoms with van der Waals surface area (Å²) in [5.41, 5.74) is 5.28. The van der Waals surface area contributed by atoms with Crippen molar-refractivity contribution in [2.75, 3.05) is 50.6 Å². The van der Waals surface area contributed by atoms with Crippen LogP contribution in [0.15, 0.2) is 42.6 Å². The molecule has 0 fully saturated rings. The van der Waals surface area contributed by atoms with E-state index in [1.165, 1.54) is 11.1 Å². The predicted molar refractivity (Wildman–Crippen MR) is 138 cm³/mol. The first kappa shape index (κ1) is 24.7. The summed E-state index contributed by atoms with van der Waals surface area (Å²) in [6, 6.07) is 14.0. The van der Waals surface area contributed by atoms with Gasteiger partial charge in [-0.15, -0.1) is 0 Å². The Morgan fingerprint density at radius 1 is 1.14 bits per heavy atom. The molecular weight excluding hydrogens is 464 g/mol. The van der Waals surface area contributed by atoms with Gasteiger partial charge < -0.3 is 25.0 Å². The Balaban J connectivity index is 1.50. The normalized spacial score (nSPS) is 13.4. The van der Waals surface area contributed by atoms with Crippen LogP contribution < -0.4 is 15.4 Å². The van der Waals surface area contributed by atoms with Gasteiger partial charge in [-0.2, -0.15) is 10.2 Å². The molecule has 4 rings (SSSR count). The zero-order valence-corrected chi connectivity index (χ0v) is 20.7. The topological polar surface area (TPSA) is 95.3 Å². The van der Waals surface area contributed by atoms with Crippen molar-refractivity contribution in [2.45, 2.75) is 19.8 Å². The largest absolute Gasteiger partial charge is 0.477 e. The molecule has 182 valence electrons. The first-order chi connectivity index (χ1) is 17.1. The number of aromatic nitrogens is 2. The number of aryl methyl sites for hydroxylation is 1. The van der Waals surface area contributed by atoms with Crippen LogP contribution in [0, 0.1) is 18.3 Å². The number of hydrogen-bond donors (Lipinski definition) is 2. The molecule has 2 heterocycles. The molecule has 2 aromatic carbocycles. The van der Waals surface area contributed by atoms with Gasteiger partial charge in [0.15, 0.2) is 12.4 Å². The number of benzene rings is 2. The molecule has 0 aliphatic carbocycles. The van der Waals surface area contributed by atoms with Crippen molar-refractivity contribution < 1.29 is 9.47 Å². The number of para-hydroxylation sites is 1. The molecule has 0 spiro atoms. The average Bonchev–Trinajstić information content (AvgIpc) is 3.07. The molecule has 35 heavy (non-hydrogen) atoms. The van der Waals surface area contributed by atoms with E-state index in [9.17, 15) is 0 Å². The first-order valence-corrected chi connectivity index (χ1v) is 11.9. The van der Waals surface area contributed by atoms with Gasteiger partial charge in [0.2, 0.25) is 5.95 Å². The molecule has 0 saturated heterocycles. The van der Waals surface area contributed by atoms with E-state index in [1.807, 2.05) is 25.1 Å². The summed E-state index contributed by atoms with van der Waals surface area (Å²) < 4.78 is 10.8. The van der Waals surface area contributed by atoms with Crippen molar-refractivity contribution in [2.24, 2.45) is 0 Å². The molecule has 0 atom stereocenters.